The van der Waals surface area contributed by atoms with Crippen molar-refractivity contribution in [1.29, 1.82) is 0 Å². The summed E-state index contributed by atoms with van der Waals surface area (Å²) in [6.07, 6.45) is 13.7. The summed E-state index contributed by atoms with van der Waals surface area (Å²) < 4.78 is 16.6. The summed E-state index contributed by atoms with van der Waals surface area (Å²) in [5.41, 5.74) is 1.97. The summed E-state index contributed by atoms with van der Waals surface area (Å²) >= 11 is 0. The van der Waals surface area contributed by atoms with E-state index in [0.29, 0.717) is 64.2 Å². The highest BCUT2D eigenvalue weighted by Gasteiger charge is 2.31. The largest absolute Gasteiger partial charge is 0.393 e. The van der Waals surface area contributed by atoms with Gasteiger partial charge in [0.15, 0.2) is 0 Å². The molecular formula is C37H57N3O8. The molecule has 2 bridgehead atoms. The highest BCUT2D eigenvalue weighted by atomic mass is 16.5. The number of aliphatic hydroxyl groups is 1. The molecule has 3 atom stereocenters. The molecule has 0 spiro atoms. The third-order valence-electron chi connectivity index (χ3n) is 8.22. The molecule has 1 aliphatic heterocycles. The van der Waals surface area contributed by atoms with Gasteiger partial charge in [-0.15, -0.1) is 0 Å². The molecule has 0 radical (unpaired) electrons. The maximum Gasteiger partial charge on any atom is 0.251 e. The highest BCUT2D eigenvalue weighted by Crippen LogP contribution is 2.27. The van der Waals surface area contributed by atoms with E-state index in [0.717, 1.165) is 31.8 Å². The highest BCUT2D eigenvalue weighted by molar-refractivity contribution is 6.23. The topological polar surface area (TPSA) is 152 Å². The number of Topliss-reactive ketones (excluding diaryl/α,β-unsaturated/α-hetero) is 1. The average Bonchev–Trinajstić information content (AvgIpc) is 3.05. The summed E-state index contributed by atoms with van der Waals surface area (Å²) in [5, 5.41) is 19.2. The first-order valence-corrected chi connectivity index (χ1v) is 17.3. The van der Waals surface area contributed by atoms with Crippen molar-refractivity contribution < 1.29 is 38.5 Å². The molecule has 0 fully saturated rings. The molecule has 2 amide bonds. The number of ether oxygens (including phenoxy) is 3. The second kappa shape index (κ2) is 23.1. The van der Waals surface area contributed by atoms with E-state index in [9.17, 15) is 24.3 Å². The predicted octanol–water partition coefficient (Wildman–Crippen LogP) is 4.34. The summed E-state index contributed by atoms with van der Waals surface area (Å²) in [5.74, 6) is -1.30. The maximum atomic E-state index is 13.6. The van der Waals surface area contributed by atoms with Gasteiger partial charge in [-0.1, -0.05) is 57.1 Å². The summed E-state index contributed by atoms with van der Waals surface area (Å²) in [4.78, 5) is 51.3. The van der Waals surface area contributed by atoms with Gasteiger partial charge in [-0.05, 0) is 58.3 Å². The zero-order valence-electron chi connectivity index (χ0n) is 29.5. The zero-order chi connectivity index (χ0) is 35.3. The van der Waals surface area contributed by atoms with Crippen LogP contribution in [0.1, 0.15) is 86.0 Å². The molecule has 1 aliphatic carbocycles. The fraction of sp³-hybridized carbons (Fsp3) is 0.622. The molecule has 3 unspecified atom stereocenters. The zero-order valence-corrected chi connectivity index (χ0v) is 29.5. The number of amides is 2. The summed E-state index contributed by atoms with van der Waals surface area (Å²) in [6, 6.07) is 0. The Balaban J connectivity index is 1.96. The lowest BCUT2D eigenvalue weighted by molar-refractivity contribution is -0.121. The average molecular weight is 672 g/mol. The summed E-state index contributed by atoms with van der Waals surface area (Å²) in [7, 11) is 0. The van der Waals surface area contributed by atoms with Gasteiger partial charge < -0.3 is 35.3 Å². The van der Waals surface area contributed by atoms with Crippen LogP contribution in [0.25, 0.3) is 0 Å². The standard InChI is InChI=1S/C37H57N3O8/c1-6-7-13-34(43)38-16-17-46-18-19-47-20-21-48-25-39-35-30-23-27(3)14-15-32(41)29(5)22-26(2)11-9-8-10-12-28(4)37(45)40-31(36(30)44)24-33(35)42/h8,10,12,22,24,27,29,32,39,41H,6-7,9,11,13-21,23,25H2,1-5H3,(H,38,43)(H,40,45)/b10-8-,26-22+,28-12+. The van der Waals surface area contributed by atoms with Gasteiger partial charge in [0.1, 0.15) is 6.73 Å². The van der Waals surface area contributed by atoms with Gasteiger partial charge in [-0.3, -0.25) is 19.2 Å². The van der Waals surface area contributed by atoms with E-state index in [2.05, 4.69) is 29.0 Å². The lowest BCUT2D eigenvalue weighted by Crippen LogP contribution is -2.36. The lowest BCUT2D eigenvalue weighted by atomic mass is 9.86. The van der Waals surface area contributed by atoms with E-state index >= 15 is 0 Å². The van der Waals surface area contributed by atoms with E-state index < -0.39 is 23.6 Å². The number of hydrogen-bond donors (Lipinski definition) is 4. The SMILES string of the molecule is CCCCC(=O)NCCOCCOCCOCNC1=C2CC(C)CCC(O)C(C)/C=C(\C)CC/C=C\C=C(/C)C(=O)NC(=CC1=O)C2=O. The van der Waals surface area contributed by atoms with Crippen molar-refractivity contribution in [3.05, 3.63) is 58.5 Å². The number of ketones is 2. The Hall–Kier alpha value is -3.38. The molecule has 2 aliphatic rings. The number of carbonyl (C=O) groups excluding carboxylic acids is 4. The quantitative estimate of drug-likeness (QED) is 0.0862. The van der Waals surface area contributed by atoms with Crippen LogP contribution in [-0.2, 0) is 33.4 Å². The van der Waals surface area contributed by atoms with Crippen LogP contribution in [0.4, 0.5) is 0 Å². The van der Waals surface area contributed by atoms with Gasteiger partial charge in [-0.25, -0.2) is 0 Å². The Morgan fingerprint density at radius 3 is 2.46 bits per heavy atom. The molecule has 2 rings (SSSR count). The molecule has 0 aromatic rings. The van der Waals surface area contributed by atoms with Gasteiger partial charge >= 0.3 is 0 Å². The van der Waals surface area contributed by atoms with Crippen molar-refractivity contribution in [2.45, 2.75) is 92.1 Å². The van der Waals surface area contributed by atoms with Crippen molar-refractivity contribution in [1.82, 2.24) is 16.0 Å². The monoisotopic (exact) mass is 671 g/mol. The minimum atomic E-state index is -0.527. The molecule has 0 aromatic carbocycles. The van der Waals surface area contributed by atoms with Crippen LogP contribution in [0.2, 0.25) is 0 Å². The number of carbonyl (C=O) groups is 4. The molecule has 0 saturated heterocycles. The van der Waals surface area contributed by atoms with Gasteiger partial charge in [0, 0.05) is 36.1 Å². The summed E-state index contributed by atoms with van der Waals surface area (Å²) in [6.45, 7) is 11.9. The fourth-order valence-electron chi connectivity index (χ4n) is 5.23. The molecule has 268 valence electrons. The van der Waals surface area contributed by atoms with Crippen LogP contribution in [0, 0.1) is 11.8 Å². The normalized spacial score (nSPS) is 24.6. The maximum absolute atomic E-state index is 13.6. The minimum Gasteiger partial charge on any atom is -0.393 e. The van der Waals surface area contributed by atoms with Crippen molar-refractivity contribution in [3.63, 3.8) is 0 Å². The number of rotatable bonds is 15. The minimum absolute atomic E-state index is 0.0147. The van der Waals surface area contributed by atoms with Crippen molar-refractivity contribution >= 4 is 23.4 Å². The van der Waals surface area contributed by atoms with E-state index in [1.807, 2.05) is 32.9 Å². The first kappa shape index (κ1) is 40.8. The van der Waals surface area contributed by atoms with Crippen molar-refractivity contribution in [3.8, 4) is 0 Å². The Labute approximate surface area is 286 Å². The van der Waals surface area contributed by atoms with Gasteiger partial charge in [0.05, 0.1) is 50.5 Å². The van der Waals surface area contributed by atoms with Crippen LogP contribution in [-0.4, -0.2) is 80.9 Å². The van der Waals surface area contributed by atoms with E-state index in [1.54, 1.807) is 13.0 Å². The molecule has 1 heterocycles. The van der Waals surface area contributed by atoms with Crippen LogP contribution in [0.3, 0.4) is 0 Å². The first-order chi connectivity index (χ1) is 23.0. The number of nitrogens with one attached hydrogen (secondary N) is 3. The Morgan fingerprint density at radius 1 is 1.02 bits per heavy atom. The fourth-order valence-corrected chi connectivity index (χ4v) is 5.23. The van der Waals surface area contributed by atoms with Crippen LogP contribution >= 0.6 is 0 Å². The van der Waals surface area contributed by atoms with Crippen molar-refractivity contribution in [2.75, 3.05) is 46.3 Å². The third kappa shape index (κ3) is 15.7. The number of hydrogen-bond acceptors (Lipinski definition) is 9. The molecule has 11 heteroatoms. The molecule has 4 N–H and O–H groups in total. The molecule has 48 heavy (non-hydrogen) atoms. The Bertz CT molecular complexity index is 1230. The number of allylic oxidation sites excluding steroid dienone is 6. The second-order valence-corrected chi connectivity index (χ2v) is 12.6. The third-order valence-corrected chi connectivity index (χ3v) is 8.22. The Morgan fingerprint density at radius 2 is 1.73 bits per heavy atom. The number of aliphatic hydroxyl groups excluding tert-OH is 1. The van der Waals surface area contributed by atoms with Crippen LogP contribution < -0.4 is 16.0 Å². The van der Waals surface area contributed by atoms with Gasteiger partial charge in [0.25, 0.3) is 5.91 Å². The molecule has 11 nitrogen and oxygen atoms in total. The molecule has 0 saturated carbocycles. The smallest absolute Gasteiger partial charge is 0.251 e. The second-order valence-electron chi connectivity index (χ2n) is 12.6. The molecular weight excluding hydrogens is 614 g/mol. The van der Waals surface area contributed by atoms with E-state index in [4.69, 9.17) is 14.2 Å². The number of fused-ring (bicyclic) bond motifs is 2. The molecule has 0 aromatic heterocycles. The van der Waals surface area contributed by atoms with Crippen LogP contribution in [0.15, 0.2) is 58.5 Å². The first-order valence-electron chi connectivity index (χ1n) is 17.3. The number of unbranched alkanes of at least 4 members (excludes halogenated alkanes) is 1. The predicted molar refractivity (Wildman–Crippen MR) is 185 cm³/mol. The van der Waals surface area contributed by atoms with Gasteiger partial charge in [0.2, 0.25) is 17.5 Å². The van der Waals surface area contributed by atoms with Gasteiger partial charge in [-0.2, -0.15) is 0 Å². The lowest BCUT2D eigenvalue weighted by Gasteiger charge is -2.24. The van der Waals surface area contributed by atoms with E-state index in [1.165, 1.54) is 5.57 Å². The Kier molecular flexibility index (Phi) is 19.6. The van der Waals surface area contributed by atoms with Crippen LogP contribution in [0.5, 0.6) is 0 Å². The van der Waals surface area contributed by atoms with Crippen molar-refractivity contribution in [2.24, 2.45) is 11.8 Å². The van der Waals surface area contributed by atoms with E-state index in [-0.39, 0.29) is 48.0 Å².